The summed E-state index contributed by atoms with van der Waals surface area (Å²) < 4.78 is 6.49. The average Bonchev–Trinajstić information content (AvgIpc) is 2.67. The standard InChI is InChI=1S/C13H20INO/c1-10-2-4-11(5-3-10)8-15-9-12-6-7-13(14)16-12/h6-7,10-11,15H,2-5,8-9H2,1H3. The first-order valence-corrected chi connectivity index (χ1v) is 7.27. The van der Waals surface area contributed by atoms with Crippen molar-refractivity contribution in [1.82, 2.24) is 5.32 Å². The first-order chi connectivity index (χ1) is 7.74. The van der Waals surface area contributed by atoms with E-state index >= 15 is 0 Å². The van der Waals surface area contributed by atoms with Crippen LogP contribution in [-0.2, 0) is 6.54 Å². The summed E-state index contributed by atoms with van der Waals surface area (Å²) in [5.41, 5.74) is 0. The number of rotatable bonds is 4. The zero-order chi connectivity index (χ0) is 11.4. The van der Waals surface area contributed by atoms with Crippen LogP contribution in [-0.4, -0.2) is 6.54 Å². The second kappa shape index (κ2) is 6.05. The highest BCUT2D eigenvalue weighted by Gasteiger charge is 2.17. The first kappa shape index (κ1) is 12.4. The quantitative estimate of drug-likeness (QED) is 0.848. The molecule has 1 heterocycles. The van der Waals surface area contributed by atoms with Crippen molar-refractivity contribution in [1.29, 1.82) is 0 Å². The van der Waals surface area contributed by atoms with Gasteiger partial charge < -0.3 is 9.73 Å². The van der Waals surface area contributed by atoms with Crippen LogP contribution in [0, 0.1) is 15.6 Å². The summed E-state index contributed by atoms with van der Waals surface area (Å²) in [6.45, 7) is 4.38. The number of furan rings is 1. The fourth-order valence-electron chi connectivity index (χ4n) is 2.38. The molecule has 2 rings (SSSR count). The normalized spacial score (nSPS) is 25.9. The van der Waals surface area contributed by atoms with Crippen molar-refractivity contribution in [2.24, 2.45) is 11.8 Å². The smallest absolute Gasteiger partial charge is 0.164 e. The van der Waals surface area contributed by atoms with Gasteiger partial charge in [0.25, 0.3) is 0 Å². The van der Waals surface area contributed by atoms with Crippen LogP contribution in [0.3, 0.4) is 0 Å². The van der Waals surface area contributed by atoms with Gasteiger partial charge in [0.15, 0.2) is 3.77 Å². The van der Waals surface area contributed by atoms with E-state index in [0.29, 0.717) is 0 Å². The van der Waals surface area contributed by atoms with Crippen molar-refractivity contribution in [3.63, 3.8) is 0 Å². The van der Waals surface area contributed by atoms with E-state index in [-0.39, 0.29) is 0 Å². The summed E-state index contributed by atoms with van der Waals surface area (Å²) >= 11 is 2.20. The largest absolute Gasteiger partial charge is 0.454 e. The Labute approximate surface area is 111 Å². The molecule has 0 bridgehead atoms. The predicted molar refractivity (Wildman–Crippen MR) is 74.3 cm³/mol. The van der Waals surface area contributed by atoms with E-state index in [1.165, 1.54) is 25.7 Å². The molecule has 0 aromatic carbocycles. The molecule has 0 unspecified atom stereocenters. The average molecular weight is 333 g/mol. The van der Waals surface area contributed by atoms with Crippen LogP contribution in [0.2, 0.25) is 0 Å². The van der Waals surface area contributed by atoms with Gasteiger partial charge in [-0.25, -0.2) is 0 Å². The van der Waals surface area contributed by atoms with Gasteiger partial charge in [-0.1, -0.05) is 19.8 Å². The van der Waals surface area contributed by atoms with Gasteiger partial charge in [-0.15, -0.1) is 0 Å². The second-order valence-electron chi connectivity index (χ2n) is 4.96. The summed E-state index contributed by atoms with van der Waals surface area (Å²) in [7, 11) is 0. The molecule has 0 atom stereocenters. The van der Waals surface area contributed by atoms with E-state index in [1.54, 1.807) is 0 Å². The van der Waals surface area contributed by atoms with E-state index in [1.807, 2.05) is 6.07 Å². The highest BCUT2D eigenvalue weighted by Crippen LogP contribution is 2.27. The van der Waals surface area contributed by atoms with Gasteiger partial charge in [0.2, 0.25) is 0 Å². The zero-order valence-electron chi connectivity index (χ0n) is 9.84. The molecule has 0 spiro atoms. The summed E-state index contributed by atoms with van der Waals surface area (Å²) in [6.07, 6.45) is 5.60. The van der Waals surface area contributed by atoms with E-state index in [4.69, 9.17) is 4.42 Å². The minimum Gasteiger partial charge on any atom is -0.454 e. The Morgan fingerprint density at radius 3 is 2.69 bits per heavy atom. The predicted octanol–water partition coefficient (Wildman–Crippen LogP) is 3.80. The fraction of sp³-hybridized carbons (Fsp3) is 0.692. The van der Waals surface area contributed by atoms with Crippen molar-refractivity contribution < 1.29 is 4.42 Å². The van der Waals surface area contributed by atoms with Gasteiger partial charge in [0.1, 0.15) is 5.76 Å². The minimum atomic E-state index is 0.870. The summed E-state index contributed by atoms with van der Waals surface area (Å²) in [5.74, 6) is 2.88. The van der Waals surface area contributed by atoms with Crippen LogP contribution in [0.25, 0.3) is 0 Å². The van der Waals surface area contributed by atoms with Gasteiger partial charge in [-0.05, 0) is 65.9 Å². The Balaban J connectivity index is 1.64. The maximum atomic E-state index is 5.51. The Hall–Kier alpha value is -0.0300. The number of hydrogen-bond acceptors (Lipinski definition) is 2. The Morgan fingerprint density at radius 2 is 2.06 bits per heavy atom. The third kappa shape index (κ3) is 3.77. The lowest BCUT2D eigenvalue weighted by atomic mass is 9.83. The van der Waals surface area contributed by atoms with Gasteiger partial charge in [0, 0.05) is 0 Å². The highest BCUT2D eigenvalue weighted by atomic mass is 127. The molecule has 1 aromatic heterocycles. The second-order valence-corrected chi connectivity index (χ2v) is 6.03. The molecule has 90 valence electrons. The molecule has 1 aliphatic rings. The molecule has 0 saturated heterocycles. The molecule has 0 radical (unpaired) electrons. The third-order valence-corrected chi connectivity index (χ3v) is 4.08. The molecule has 0 aliphatic heterocycles. The lowest BCUT2D eigenvalue weighted by molar-refractivity contribution is 0.279. The topological polar surface area (TPSA) is 25.2 Å². The zero-order valence-corrected chi connectivity index (χ0v) is 12.0. The molecular formula is C13H20INO. The van der Waals surface area contributed by atoms with Crippen LogP contribution in [0.4, 0.5) is 0 Å². The SMILES string of the molecule is CC1CCC(CNCc2ccc(I)o2)CC1. The molecule has 0 amide bonds. The lowest BCUT2D eigenvalue weighted by Gasteiger charge is -2.26. The Kier molecular flexibility index (Phi) is 4.70. The Bertz CT molecular complexity index is 315. The Morgan fingerprint density at radius 1 is 1.31 bits per heavy atom. The summed E-state index contributed by atoms with van der Waals surface area (Å²) in [5, 5.41) is 3.50. The van der Waals surface area contributed by atoms with Crippen molar-refractivity contribution in [3.05, 3.63) is 21.7 Å². The monoisotopic (exact) mass is 333 g/mol. The fourth-order valence-corrected chi connectivity index (χ4v) is 2.84. The number of hydrogen-bond donors (Lipinski definition) is 1. The van der Waals surface area contributed by atoms with Gasteiger partial charge >= 0.3 is 0 Å². The molecule has 2 nitrogen and oxygen atoms in total. The molecule has 1 saturated carbocycles. The molecule has 3 heteroatoms. The van der Waals surface area contributed by atoms with Gasteiger partial charge in [0.05, 0.1) is 6.54 Å². The molecule has 1 aliphatic carbocycles. The van der Waals surface area contributed by atoms with Crippen LogP contribution >= 0.6 is 22.6 Å². The molecular weight excluding hydrogens is 313 g/mol. The van der Waals surface area contributed by atoms with Crippen molar-refractivity contribution in [3.8, 4) is 0 Å². The maximum Gasteiger partial charge on any atom is 0.164 e. The van der Waals surface area contributed by atoms with Crippen molar-refractivity contribution >= 4 is 22.6 Å². The van der Waals surface area contributed by atoms with E-state index < -0.39 is 0 Å². The molecule has 1 aromatic rings. The number of halogens is 1. The highest BCUT2D eigenvalue weighted by molar-refractivity contribution is 14.1. The molecule has 16 heavy (non-hydrogen) atoms. The van der Waals surface area contributed by atoms with E-state index in [0.717, 1.165) is 34.5 Å². The van der Waals surface area contributed by atoms with E-state index in [9.17, 15) is 0 Å². The van der Waals surface area contributed by atoms with E-state index in [2.05, 4.69) is 40.9 Å². The molecule has 1 N–H and O–H groups in total. The maximum absolute atomic E-state index is 5.51. The van der Waals surface area contributed by atoms with Gasteiger partial charge in [-0.2, -0.15) is 0 Å². The first-order valence-electron chi connectivity index (χ1n) is 6.19. The summed E-state index contributed by atoms with van der Waals surface area (Å²) in [4.78, 5) is 0. The van der Waals surface area contributed by atoms with Crippen LogP contribution < -0.4 is 5.32 Å². The minimum absolute atomic E-state index is 0.870. The van der Waals surface area contributed by atoms with Crippen molar-refractivity contribution in [2.75, 3.05) is 6.54 Å². The van der Waals surface area contributed by atoms with Crippen LogP contribution in [0.1, 0.15) is 38.4 Å². The van der Waals surface area contributed by atoms with Crippen molar-refractivity contribution in [2.45, 2.75) is 39.2 Å². The lowest BCUT2D eigenvalue weighted by Crippen LogP contribution is -2.25. The summed E-state index contributed by atoms with van der Waals surface area (Å²) in [6, 6.07) is 4.07. The number of nitrogens with one attached hydrogen (secondary N) is 1. The van der Waals surface area contributed by atoms with Crippen LogP contribution in [0.15, 0.2) is 16.5 Å². The van der Waals surface area contributed by atoms with Gasteiger partial charge in [-0.3, -0.25) is 0 Å². The van der Waals surface area contributed by atoms with Crippen LogP contribution in [0.5, 0.6) is 0 Å². The molecule has 1 fully saturated rings. The third-order valence-electron chi connectivity index (χ3n) is 3.50.